The van der Waals surface area contributed by atoms with Crippen molar-refractivity contribution in [3.63, 3.8) is 0 Å². The van der Waals surface area contributed by atoms with E-state index in [0.29, 0.717) is 24.5 Å². The molecule has 2 aromatic rings. The van der Waals surface area contributed by atoms with E-state index in [1.54, 1.807) is 6.07 Å². The van der Waals surface area contributed by atoms with Gasteiger partial charge in [0.15, 0.2) is 0 Å². The fourth-order valence-corrected chi connectivity index (χ4v) is 2.30. The number of ether oxygens (including phenoxy) is 1. The topological polar surface area (TPSA) is 107 Å². The molecule has 0 fully saturated rings. The van der Waals surface area contributed by atoms with Crippen LogP contribution in [0.5, 0.6) is 5.75 Å². The van der Waals surface area contributed by atoms with Gasteiger partial charge in [-0.05, 0) is 30.3 Å². The number of hydrogen-bond acceptors (Lipinski definition) is 5. The Morgan fingerprint density at radius 3 is 2.43 bits per heavy atom. The molecule has 0 saturated heterocycles. The molecule has 2 rings (SSSR count). The zero-order valence-corrected chi connectivity index (χ0v) is 12.1. The van der Waals surface area contributed by atoms with Crippen LogP contribution < -0.4 is 20.9 Å². The van der Waals surface area contributed by atoms with Crippen molar-refractivity contribution >= 4 is 21.4 Å². The van der Waals surface area contributed by atoms with Gasteiger partial charge in [-0.3, -0.25) is 0 Å². The Kier molecular flexibility index (Phi) is 4.66. The molecule has 0 aromatic heterocycles. The van der Waals surface area contributed by atoms with Crippen LogP contribution in [0.3, 0.4) is 0 Å². The van der Waals surface area contributed by atoms with Crippen LogP contribution in [-0.2, 0) is 10.0 Å². The van der Waals surface area contributed by atoms with Gasteiger partial charge in [-0.25, -0.2) is 13.6 Å². The van der Waals surface area contributed by atoms with Gasteiger partial charge >= 0.3 is 0 Å². The summed E-state index contributed by atoms with van der Waals surface area (Å²) >= 11 is 0. The number of primary sulfonamides is 1. The molecule has 0 aliphatic carbocycles. The molecule has 0 atom stereocenters. The lowest BCUT2D eigenvalue weighted by Gasteiger charge is -2.11. The molecule has 112 valence electrons. The third kappa shape index (κ3) is 4.37. The molecule has 2 aromatic carbocycles. The summed E-state index contributed by atoms with van der Waals surface area (Å²) in [6.45, 7) is 0.994. The van der Waals surface area contributed by atoms with E-state index in [2.05, 4.69) is 5.32 Å². The van der Waals surface area contributed by atoms with Gasteiger partial charge in [-0.15, -0.1) is 0 Å². The minimum atomic E-state index is -3.74. The van der Waals surface area contributed by atoms with Gasteiger partial charge in [0.2, 0.25) is 10.0 Å². The lowest BCUT2D eigenvalue weighted by molar-refractivity contribution is 0.333. The van der Waals surface area contributed by atoms with Crippen molar-refractivity contribution in [2.24, 2.45) is 5.14 Å². The summed E-state index contributed by atoms with van der Waals surface area (Å²) in [6.07, 6.45) is 0. The number of benzene rings is 2. The third-order valence-electron chi connectivity index (χ3n) is 2.78. The zero-order valence-electron chi connectivity index (χ0n) is 11.3. The first-order valence-corrected chi connectivity index (χ1v) is 7.85. The van der Waals surface area contributed by atoms with E-state index >= 15 is 0 Å². The average molecular weight is 307 g/mol. The Labute approximate surface area is 123 Å². The minimum Gasteiger partial charge on any atom is -0.492 e. The maximum atomic E-state index is 11.2. The van der Waals surface area contributed by atoms with E-state index in [-0.39, 0.29) is 4.90 Å². The van der Waals surface area contributed by atoms with Crippen LogP contribution in [0.15, 0.2) is 53.4 Å². The van der Waals surface area contributed by atoms with Crippen LogP contribution in [-0.4, -0.2) is 21.6 Å². The summed E-state index contributed by atoms with van der Waals surface area (Å²) in [5.74, 6) is 0.789. The number of hydrogen-bond donors (Lipinski definition) is 3. The summed E-state index contributed by atoms with van der Waals surface area (Å²) in [7, 11) is -3.74. The number of nitrogen functional groups attached to an aromatic ring is 1. The van der Waals surface area contributed by atoms with Crippen molar-refractivity contribution in [1.82, 2.24) is 0 Å². The fourth-order valence-electron chi connectivity index (χ4n) is 1.75. The van der Waals surface area contributed by atoms with Crippen molar-refractivity contribution in [2.45, 2.75) is 4.90 Å². The highest BCUT2D eigenvalue weighted by atomic mass is 32.2. The average Bonchev–Trinajstić information content (AvgIpc) is 2.45. The van der Waals surface area contributed by atoms with Gasteiger partial charge < -0.3 is 15.8 Å². The number of para-hydroxylation sites is 1. The number of nitrogens with two attached hydrogens (primary N) is 2. The summed E-state index contributed by atoms with van der Waals surface area (Å²) in [5.41, 5.74) is 6.75. The second kappa shape index (κ2) is 6.47. The SMILES string of the molecule is Nc1cc(S(N)(=O)=O)ccc1NCCOc1ccccc1. The summed E-state index contributed by atoms with van der Waals surface area (Å²) < 4.78 is 27.9. The van der Waals surface area contributed by atoms with Gasteiger partial charge in [-0.1, -0.05) is 18.2 Å². The molecule has 0 aliphatic rings. The molecule has 0 radical (unpaired) electrons. The van der Waals surface area contributed by atoms with E-state index in [0.717, 1.165) is 5.75 Å². The van der Waals surface area contributed by atoms with Crippen LogP contribution in [0, 0.1) is 0 Å². The fraction of sp³-hybridized carbons (Fsp3) is 0.143. The Bertz CT molecular complexity index is 703. The van der Waals surface area contributed by atoms with E-state index in [9.17, 15) is 8.42 Å². The first-order chi connectivity index (χ1) is 9.97. The standard InChI is InChI=1S/C14H17N3O3S/c15-13-10-12(21(16,18)19)6-7-14(13)17-8-9-20-11-4-2-1-3-5-11/h1-7,10,17H,8-9,15H2,(H2,16,18,19). The monoisotopic (exact) mass is 307 g/mol. The molecule has 0 heterocycles. The predicted molar refractivity (Wildman–Crippen MR) is 82.7 cm³/mol. The lowest BCUT2D eigenvalue weighted by atomic mass is 10.2. The van der Waals surface area contributed by atoms with E-state index < -0.39 is 10.0 Å². The van der Waals surface area contributed by atoms with Crippen LogP contribution in [0.25, 0.3) is 0 Å². The van der Waals surface area contributed by atoms with E-state index in [4.69, 9.17) is 15.6 Å². The lowest BCUT2D eigenvalue weighted by Crippen LogP contribution is -2.14. The van der Waals surface area contributed by atoms with Crippen LogP contribution in [0.4, 0.5) is 11.4 Å². The molecule has 0 bridgehead atoms. The van der Waals surface area contributed by atoms with Crippen LogP contribution in [0.1, 0.15) is 0 Å². The Balaban J connectivity index is 1.89. The zero-order chi connectivity index (χ0) is 15.3. The highest BCUT2D eigenvalue weighted by molar-refractivity contribution is 7.89. The van der Waals surface area contributed by atoms with Crippen molar-refractivity contribution in [2.75, 3.05) is 24.2 Å². The first-order valence-electron chi connectivity index (χ1n) is 6.31. The molecular formula is C14H17N3O3S. The summed E-state index contributed by atoms with van der Waals surface area (Å²) in [4.78, 5) is -0.00825. The molecule has 21 heavy (non-hydrogen) atoms. The quantitative estimate of drug-likeness (QED) is 0.552. The molecule has 5 N–H and O–H groups in total. The van der Waals surface area contributed by atoms with Crippen molar-refractivity contribution in [3.8, 4) is 5.75 Å². The first kappa shape index (κ1) is 15.1. The third-order valence-corrected chi connectivity index (χ3v) is 3.69. The van der Waals surface area contributed by atoms with Gasteiger partial charge in [0.05, 0.1) is 16.3 Å². The van der Waals surface area contributed by atoms with Crippen molar-refractivity contribution in [1.29, 1.82) is 0 Å². The number of sulfonamides is 1. The Morgan fingerprint density at radius 2 is 1.81 bits per heavy atom. The maximum absolute atomic E-state index is 11.2. The summed E-state index contributed by atoms with van der Waals surface area (Å²) in [6, 6.07) is 13.8. The van der Waals surface area contributed by atoms with Crippen LogP contribution >= 0.6 is 0 Å². The highest BCUT2D eigenvalue weighted by Gasteiger charge is 2.09. The molecule has 0 aliphatic heterocycles. The largest absolute Gasteiger partial charge is 0.492 e. The molecule has 0 unspecified atom stereocenters. The Morgan fingerprint density at radius 1 is 1.10 bits per heavy atom. The smallest absolute Gasteiger partial charge is 0.238 e. The van der Waals surface area contributed by atoms with Crippen molar-refractivity contribution < 1.29 is 13.2 Å². The second-order valence-corrected chi connectivity index (χ2v) is 5.94. The Hall–Kier alpha value is -2.25. The number of nitrogens with one attached hydrogen (secondary N) is 1. The van der Waals surface area contributed by atoms with Gasteiger partial charge in [0.1, 0.15) is 12.4 Å². The molecule has 7 heteroatoms. The maximum Gasteiger partial charge on any atom is 0.238 e. The normalized spacial score (nSPS) is 11.1. The predicted octanol–water partition coefficient (Wildman–Crippen LogP) is 1.41. The van der Waals surface area contributed by atoms with E-state index in [1.807, 2.05) is 30.3 Å². The van der Waals surface area contributed by atoms with E-state index in [1.165, 1.54) is 12.1 Å². The highest BCUT2D eigenvalue weighted by Crippen LogP contribution is 2.21. The van der Waals surface area contributed by atoms with Gasteiger partial charge in [-0.2, -0.15) is 0 Å². The molecular weight excluding hydrogens is 290 g/mol. The molecule has 0 amide bonds. The second-order valence-electron chi connectivity index (χ2n) is 4.38. The summed E-state index contributed by atoms with van der Waals surface area (Å²) in [5, 5.41) is 8.11. The van der Waals surface area contributed by atoms with Gasteiger partial charge in [0, 0.05) is 6.54 Å². The van der Waals surface area contributed by atoms with Crippen molar-refractivity contribution in [3.05, 3.63) is 48.5 Å². The molecule has 0 spiro atoms. The van der Waals surface area contributed by atoms with Gasteiger partial charge in [0.25, 0.3) is 0 Å². The molecule has 6 nitrogen and oxygen atoms in total. The number of anilines is 2. The minimum absolute atomic E-state index is 0.00825. The van der Waals surface area contributed by atoms with Crippen LogP contribution in [0.2, 0.25) is 0 Å². The number of rotatable bonds is 6. The molecule has 0 saturated carbocycles.